The van der Waals surface area contributed by atoms with E-state index >= 15 is 0 Å². The lowest BCUT2D eigenvalue weighted by Crippen LogP contribution is -2.14. The van der Waals surface area contributed by atoms with Gasteiger partial charge in [-0.25, -0.2) is 0 Å². The van der Waals surface area contributed by atoms with Crippen LogP contribution in [0.5, 0.6) is 0 Å². The maximum Gasteiger partial charge on any atom is 0.139 e. The third-order valence-corrected chi connectivity index (χ3v) is 4.21. The van der Waals surface area contributed by atoms with Gasteiger partial charge in [0, 0.05) is 17.6 Å². The maximum absolute atomic E-state index is 6.05. The molecular weight excluding hydrogens is 266 g/mol. The van der Waals surface area contributed by atoms with Crippen LogP contribution in [0.15, 0.2) is 53.6 Å². The lowest BCUT2D eigenvalue weighted by molar-refractivity contribution is 0.255. The number of nitrogens with zero attached hydrogens (tertiary/aromatic N) is 1. The van der Waals surface area contributed by atoms with Gasteiger partial charge in [-0.3, -0.25) is 0 Å². The Balaban J connectivity index is 1.80. The molecule has 0 amide bonds. The van der Waals surface area contributed by atoms with Gasteiger partial charge in [0.05, 0.1) is 5.69 Å². The molecule has 1 aromatic heterocycles. The van der Waals surface area contributed by atoms with Crippen molar-refractivity contribution >= 4 is 17.5 Å². The Labute approximate surface area is 124 Å². The van der Waals surface area contributed by atoms with Crippen LogP contribution in [0.1, 0.15) is 18.2 Å². The molecule has 1 unspecified atom stereocenters. The zero-order chi connectivity index (χ0) is 13.9. The largest absolute Gasteiger partial charge is 0.487 e. The SMILES string of the molecule is CSc1cc2n(c1)CC(C)C=C2OCc1ccccc1. The molecule has 0 N–H and O–H groups in total. The van der Waals surface area contributed by atoms with E-state index in [4.69, 9.17) is 4.74 Å². The molecule has 0 saturated heterocycles. The summed E-state index contributed by atoms with van der Waals surface area (Å²) < 4.78 is 8.36. The molecule has 3 rings (SSSR count). The Morgan fingerprint density at radius 3 is 2.85 bits per heavy atom. The van der Waals surface area contributed by atoms with Crippen molar-refractivity contribution in [3.05, 3.63) is 59.9 Å². The summed E-state index contributed by atoms with van der Waals surface area (Å²) in [5.41, 5.74) is 2.40. The lowest BCUT2D eigenvalue weighted by Gasteiger charge is -2.21. The first-order valence-corrected chi connectivity index (χ1v) is 8.12. The molecule has 2 heterocycles. The maximum atomic E-state index is 6.05. The van der Waals surface area contributed by atoms with E-state index in [1.807, 2.05) is 18.2 Å². The predicted molar refractivity (Wildman–Crippen MR) is 84.6 cm³/mol. The predicted octanol–water partition coefficient (Wildman–Crippen LogP) is 4.42. The van der Waals surface area contributed by atoms with Gasteiger partial charge < -0.3 is 9.30 Å². The normalized spacial score (nSPS) is 17.5. The molecule has 1 atom stereocenters. The zero-order valence-electron chi connectivity index (χ0n) is 11.9. The van der Waals surface area contributed by atoms with Gasteiger partial charge in [0.25, 0.3) is 0 Å². The minimum absolute atomic E-state index is 0.510. The average Bonchev–Trinajstić information content (AvgIpc) is 2.88. The van der Waals surface area contributed by atoms with Gasteiger partial charge in [-0.2, -0.15) is 0 Å². The summed E-state index contributed by atoms with van der Waals surface area (Å²) in [7, 11) is 0. The number of hydrogen-bond donors (Lipinski definition) is 0. The third kappa shape index (κ3) is 2.78. The van der Waals surface area contributed by atoms with Gasteiger partial charge in [-0.05, 0) is 29.9 Å². The standard InChI is InChI=1S/C17H19NOS/c1-13-8-17(19-12-14-6-4-3-5-7-14)16-9-15(20-2)11-18(16)10-13/h3-9,11,13H,10,12H2,1-2H3. The van der Waals surface area contributed by atoms with Crippen LogP contribution in [0.25, 0.3) is 5.76 Å². The van der Waals surface area contributed by atoms with Gasteiger partial charge in [-0.1, -0.05) is 37.3 Å². The second-order valence-corrected chi connectivity index (χ2v) is 6.08. The fraction of sp³-hybridized carbons (Fsp3) is 0.294. The highest BCUT2D eigenvalue weighted by atomic mass is 32.2. The summed E-state index contributed by atoms with van der Waals surface area (Å²) in [6.45, 7) is 3.89. The van der Waals surface area contributed by atoms with Crippen molar-refractivity contribution in [2.45, 2.75) is 25.0 Å². The van der Waals surface area contributed by atoms with Crippen molar-refractivity contribution in [3.63, 3.8) is 0 Å². The van der Waals surface area contributed by atoms with Crippen LogP contribution >= 0.6 is 11.8 Å². The van der Waals surface area contributed by atoms with Crippen LogP contribution < -0.4 is 0 Å². The second-order valence-electron chi connectivity index (χ2n) is 5.20. The van der Waals surface area contributed by atoms with E-state index in [1.54, 1.807) is 11.8 Å². The van der Waals surface area contributed by atoms with E-state index in [-0.39, 0.29) is 0 Å². The third-order valence-electron chi connectivity index (χ3n) is 3.52. The smallest absolute Gasteiger partial charge is 0.139 e. The molecule has 0 bridgehead atoms. The number of benzene rings is 1. The molecule has 104 valence electrons. The van der Waals surface area contributed by atoms with Crippen LogP contribution in [0, 0.1) is 5.92 Å². The molecule has 0 saturated carbocycles. The number of thioether (sulfide) groups is 1. The fourth-order valence-corrected chi connectivity index (χ4v) is 2.98. The number of hydrogen-bond acceptors (Lipinski definition) is 2. The molecule has 0 aliphatic carbocycles. The first kappa shape index (κ1) is 13.4. The number of allylic oxidation sites excluding steroid dienone is 1. The monoisotopic (exact) mass is 285 g/mol. The van der Waals surface area contributed by atoms with Crippen molar-refractivity contribution in [1.29, 1.82) is 0 Å². The minimum Gasteiger partial charge on any atom is -0.487 e. The van der Waals surface area contributed by atoms with Crippen molar-refractivity contribution in [2.24, 2.45) is 5.92 Å². The Bertz CT molecular complexity index is 615. The Morgan fingerprint density at radius 1 is 1.30 bits per heavy atom. The number of fused-ring (bicyclic) bond motifs is 1. The van der Waals surface area contributed by atoms with Gasteiger partial charge in [0.1, 0.15) is 12.4 Å². The van der Waals surface area contributed by atoms with Crippen molar-refractivity contribution in [1.82, 2.24) is 4.57 Å². The fourth-order valence-electron chi connectivity index (χ4n) is 2.52. The molecule has 1 aliphatic rings. The van der Waals surface area contributed by atoms with Gasteiger partial charge in [-0.15, -0.1) is 11.8 Å². The summed E-state index contributed by atoms with van der Waals surface area (Å²) in [5.74, 6) is 1.52. The molecule has 20 heavy (non-hydrogen) atoms. The van der Waals surface area contributed by atoms with Crippen LogP contribution in [-0.2, 0) is 17.9 Å². The highest BCUT2D eigenvalue weighted by Gasteiger charge is 2.19. The molecule has 3 heteroatoms. The van der Waals surface area contributed by atoms with Gasteiger partial charge >= 0.3 is 0 Å². The second kappa shape index (κ2) is 5.80. The first-order valence-electron chi connectivity index (χ1n) is 6.89. The number of ether oxygens (including phenoxy) is 1. The van der Waals surface area contributed by atoms with Crippen molar-refractivity contribution in [2.75, 3.05) is 6.26 Å². The lowest BCUT2D eigenvalue weighted by atomic mass is 10.1. The van der Waals surface area contributed by atoms with Crippen LogP contribution in [0.3, 0.4) is 0 Å². The number of aromatic nitrogens is 1. The zero-order valence-corrected chi connectivity index (χ0v) is 12.7. The van der Waals surface area contributed by atoms with Crippen LogP contribution in [0.2, 0.25) is 0 Å². The quantitative estimate of drug-likeness (QED) is 0.772. The highest BCUT2D eigenvalue weighted by Crippen LogP contribution is 2.30. The average molecular weight is 285 g/mol. The van der Waals surface area contributed by atoms with Crippen LogP contribution in [0.4, 0.5) is 0 Å². The Hall–Kier alpha value is -1.61. The van der Waals surface area contributed by atoms with E-state index in [0.717, 1.165) is 12.3 Å². The van der Waals surface area contributed by atoms with Crippen molar-refractivity contribution < 1.29 is 4.74 Å². The summed E-state index contributed by atoms with van der Waals surface area (Å²) >= 11 is 1.78. The van der Waals surface area contributed by atoms with E-state index < -0.39 is 0 Å². The summed E-state index contributed by atoms with van der Waals surface area (Å²) in [4.78, 5) is 1.29. The highest BCUT2D eigenvalue weighted by molar-refractivity contribution is 7.98. The molecule has 1 aromatic carbocycles. The van der Waals surface area contributed by atoms with E-state index in [1.165, 1.54) is 16.2 Å². The first-order chi connectivity index (χ1) is 9.76. The topological polar surface area (TPSA) is 14.2 Å². The Kier molecular flexibility index (Phi) is 3.88. The van der Waals surface area contributed by atoms with Gasteiger partial charge in [0.2, 0.25) is 0 Å². The summed E-state index contributed by atoms with van der Waals surface area (Å²) in [6.07, 6.45) is 6.57. The van der Waals surface area contributed by atoms with E-state index in [2.05, 4.69) is 48.2 Å². The molecule has 2 aromatic rings. The molecule has 0 radical (unpaired) electrons. The van der Waals surface area contributed by atoms with Crippen molar-refractivity contribution in [3.8, 4) is 0 Å². The molecular formula is C17H19NOS. The summed E-state index contributed by atoms with van der Waals surface area (Å²) in [6, 6.07) is 12.5. The van der Waals surface area contributed by atoms with E-state index in [9.17, 15) is 0 Å². The molecule has 2 nitrogen and oxygen atoms in total. The van der Waals surface area contributed by atoms with E-state index in [0.29, 0.717) is 12.5 Å². The molecule has 0 spiro atoms. The molecule has 0 fully saturated rings. The van der Waals surface area contributed by atoms with Crippen LogP contribution in [-0.4, -0.2) is 10.8 Å². The Morgan fingerprint density at radius 2 is 2.10 bits per heavy atom. The summed E-state index contributed by atoms with van der Waals surface area (Å²) in [5, 5.41) is 0. The molecule has 1 aliphatic heterocycles. The number of rotatable bonds is 4. The van der Waals surface area contributed by atoms with Gasteiger partial charge in [0.15, 0.2) is 0 Å². The minimum atomic E-state index is 0.510.